The van der Waals surface area contributed by atoms with Crippen LogP contribution in [0.3, 0.4) is 0 Å². The van der Waals surface area contributed by atoms with Crippen molar-refractivity contribution in [3.8, 4) is 0 Å². The zero-order valence-electron chi connectivity index (χ0n) is 10.2. The minimum Gasteiger partial charge on any atom is -0.352 e. The van der Waals surface area contributed by atoms with Crippen molar-refractivity contribution in [2.45, 2.75) is 65.0 Å². The fourth-order valence-electron chi connectivity index (χ4n) is 2.31. The lowest BCUT2D eigenvalue weighted by Crippen LogP contribution is -2.44. The van der Waals surface area contributed by atoms with Crippen molar-refractivity contribution < 1.29 is 4.79 Å². The molecule has 15 heavy (non-hydrogen) atoms. The fraction of sp³-hybridized carbons (Fsp3) is 0.917. The smallest absolute Gasteiger partial charge is 0.237 e. The van der Waals surface area contributed by atoms with Crippen molar-refractivity contribution in [1.29, 1.82) is 0 Å². The summed E-state index contributed by atoms with van der Waals surface area (Å²) in [7, 11) is 0. The van der Waals surface area contributed by atoms with E-state index in [1.54, 1.807) is 0 Å². The predicted molar refractivity (Wildman–Crippen MR) is 62.4 cm³/mol. The lowest BCUT2D eigenvalue weighted by Gasteiger charge is -2.19. The zero-order valence-corrected chi connectivity index (χ0v) is 10.2. The normalized spacial score (nSPS) is 26.3. The van der Waals surface area contributed by atoms with Crippen LogP contribution in [0, 0.1) is 5.41 Å². The molecule has 0 aromatic carbocycles. The highest BCUT2D eigenvalue weighted by atomic mass is 16.2. The van der Waals surface area contributed by atoms with E-state index in [1.807, 2.05) is 6.92 Å². The fourth-order valence-corrected chi connectivity index (χ4v) is 2.31. The van der Waals surface area contributed by atoms with E-state index in [4.69, 9.17) is 5.73 Å². The molecule has 0 spiro atoms. The Labute approximate surface area is 92.8 Å². The van der Waals surface area contributed by atoms with Gasteiger partial charge in [0.2, 0.25) is 5.91 Å². The molecular formula is C12H24N2O. The second-order valence-electron chi connectivity index (χ2n) is 5.51. The highest BCUT2D eigenvalue weighted by Crippen LogP contribution is 2.36. The first kappa shape index (κ1) is 12.5. The molecule has 3 heteroatoms. The summed E-state index contributed by atoms with van der Waals surface area (Å²) < 4.78 is 0. The average molecular weight is 212 g/mol. The molecule has 3 N–H and O–H groups in total. The Kier molecular flexibility index (Phi) is 4.14. The molecule has 88 valence electrons. The molecule has 3 nitrogen and oxygen atoms in total. The molecule has 1 fully saturated rings. The van der Waals surface area contributed by atoms with Crippen LogP contribution < -0.4 is 11.1 Å². The first-order chi connectivity index (χ1) is 6.94. The number of nitrogens with one attached hydrogen (secondary N) is 1. The number of rotatable bonds is 4. The topological polar surface area (TPSA) is 55.1 Å². The number of hydrogen-bond donors (Lipinski definition) is 2. The van der Waals surface area contributed by atoms with E-state index >= 15 is 0 Å². The van der Waals surface area contributed by atoms with Crippen molar-refractivity contribution in [3.05, 3.63) is 0 Å². The van der Waals surface area contributed by atoms with Crippen LogP contribution in [-0.4, -0.2) is 18.0 Å². The van der Waals surface area contributed by atoms with E-state index in [-0.39, 0.29) is 11.9 Å². The maximum Gasteiger partial charge on any atom is 0.237 e. The van der Waals surface area contributed by atoms with Crippen LogP contribution in [0.4, 0.5) is 0 Å². The third-order valence-corrected chi connectivity index (χ3v) is 3.25. The van der Waals surface area contributed by atoms with Crippen LogP contribution in [0.5, 0.6) is 0 Å². The van der Waals surface area contributed by atoms with Gasteiger partial charge in [-0.15, -0.1) is 0 Å². The Balaban J connectivity index is 2.33. The molecule has 1 aliphatic rings. The number of carbonyl (C=O) groups is 1. The number of amides is 1. The Morgan fingerprint density at radius 1 is 1.60 bits per heavy atom. The van der Waals surface area contributed by atoms with Gasteiger partial charge in [0, 0.05) is 6.04 Å². The molecule has 1 aliphatic carbocycles. The Hall–Kier alpha value is -0.570. The van der Waals surface area contributed by atoms with E-state index in [1.165, 1.54) is 6.42 Å². The van der Waals surface area contributed by atoms with Crippen LogP contribution in [0.2, 0.25) is 0 Å². The summed E-state index contributed by atoms with van der Waals surface area (Å²) in [5.41, 5.74) is 6.14. The van der Waals surface area contributed by atoms with Crippen LogP contribution in [0.15, 0.2) is 0 Å². The Bertz CT molecular complexity index is 226. The van der Waals surface area contributed by atoms with Crippen LogP contribution >= 0.6 is 0 Å². The maximum absolute atomic E-state index is 11.7. The van der Waals surface area contributed by atoms with Crippen molar-refractivity contribution in [2.75, 3.05) is 0 Å². The number of nitrogens with two attached hydrogens (primary N) is 1. The third-order valence-electron chi connectivity index (χ3n) is 3.25. The van der Waals surface area contributed by atoms with Gasteiger partial charge in [0.1, 0.15) is 0 Å². The molecule has 1 unspecified atom stereocenters. The lowest BCUT2D eigenvalue weighted by molar-refractivity contribution is -0.123. The molecule has 1 rings (SSSR count). The zero-order chi connectivity index (χ0) is 11.5. The van der Waals surface area contributed by atoms with Crippen molar-refractivity contribution in [3.63, 3.8) is 0 Å². The predicted octanol–water partition coefficient (Wildman–Crippen LogP) is 1.81. The van der Waals surface area contributed by atoms with E-state index in [2.05, 4.69) is 19.2 Å². The maximum atomic E-state index is 11.7. The molecule has 0 aliphatic heterocycles. The second-order valence-corrected chi connectivity index (χ2v) is 5.51. The largest absolute Gasteiger partial charge is 0.352 e. The average Bonchev–Trinajstić information content (AvgIpc) is 2.46. The first-order valence-corrected chi connectivity index (χ1v) is 6.00. The van der Waals surface area contributed by atoms with Crippen LogP contribution in [0.25, 0.3) is 0 Å². The summed E-state index contributed by atoms with van der Waals surface area (Å²) in [6.45, 7) is 6.56. The van der Waals surface area contributed by atoms with Gasteiger partial charge < -0.3 is 11.1 Å². The minimum absolute atomic E-state index is 0.0274. The first-order valence-electron chi connectivity index (χ1n) is 6.00. The van der Waals surface area contributed by atoms with Crippen LogP contribution in [-0.2, 0) is 4.79 Å². The lowest BCUT2D eigenvalue weighted by atomic mass is 9.92. The minimum atomic E-state index is -0.321. The molecule has 1 amide bonds. The van der Waals surface area contributed by atoms with Gasteiger partial charge in [-0.25, -0.2) is 0 Å². The van der Waals surface area contributed by atoms with Crippen molar-refractivity contribution in [2.24, 2.45) is 11.1 Å². The van der Waals surface area contributed by atoms with E-state index in [0.717, 1.165) is 25.7 Å². The van der Waals surface area contributed by atoms with Gasteiger partial charge in [-0.3, -0.25) is 4.79 Å². The summed E-state index contributed by atoms with van der Waals surface area (Å²) >= 11 is 0. The number of hydrogen-bond acceptors (Lipinski definition) is 2. The van der Waals surface area contributed by atoms with Crippen LogP contribution in [0.1, 0.15) is 52.9 Å². The molecule has 0 aromatic heterocycles. The van der Waals surface area contributed by atoms with Crippen molar-refractivity contribution in [1.82, 2.24) is 5.32 Å². The molecule has 1 saturated carbocycles. The van der Waals surface area contributed by atoms with Gasteiger partial charge in [0.25, 0.3) is 0 Å². The quantitative estimate of drug-likeness (QED) is 0.746. The SMILES string of the molecule is CCC[C@@H](N)C(=O)NC1CCC(C)(C)C1. The molecule has 0 aromatic rings. The van der Waals surface area contributed by atoms with Gasteiger partial charge in [0.05, 0.1) is 6.04 Å². The highest BCUT2D eigenvalue weighted by Gasteiger charge is 2.32. The molecule has 2 atom stereocenters. The van der Waals surface area contributed by atoms with E-state index in [0.29, 0.717) is 11.5 Å². The van der Waals surface area contributed by atoms with Gasteiger partial charge in [-0.1, -0.05) is 27.2 Å². The molecule has 0 radical (unpaired) electrons. The molecular weight excluding hydrogens is 188 g/mol. The summed E-state index contributed by atoms with van der Waals surface area (Å²) in [5.74, 6) is 0.0274. The summed E-state index contributed by atoms with van der Waals surface area (Å²) in [6.07, 6.45) is 5.11. The standard InChI is InChI=1S/C12H24N2O/c1-4-5-10(13)11(15)14-9-6-7-12(2,3)8-9/h9-10H,4-8,13H2,1-3H3,(H,14,15)/t9?,10-/m1/s1. The second kappa shape index (κ2) is 4.97. The Morgan fingerprint density at radius 2 is 2.27 bits per heavy atom. The third kappa shape index (κ3) is 3.82. The number of carbonyl (C=O) groups excluding carboxylic acids is 1. The van der Waals surface area contributed by atoms with Gasteiger partial charge in [-0.2, -0.15) is 0 Å². The summed E-state index contributed by atoms with van der Waals surface area (Å²) in [5, 5.41) is 3.06. The van der Waals surface area contributed by atoms with E-state index in [9.17, 15) is 4.79 Å². The summed E-state index contributed by atoms with van der Waals surface area (Å²) in [6, 6.07) is 0.0223. The van der Waals surface area contributed by atoms with Gasteiger partial charge >= 0.3 is 0 Å². The Morgan fingerprint density at radius 3 is 2.73 bits per heavy atom. The monoisotopic (exact) mass is 212 g/mol. The van der Waals surface area contributed by atoms with Gasteiger partial charge in [-0.05, 0) is 31.1 Å². The van der Waals surface area contributed by atoms with Gasteiger partial charge in [0.15, 0.2) is 0 Å². The molecule has 0 heterocycles. The molecule has 0 bridgehead atoms. The summed E-state index contributed by atoms with van der Waals surface area (Å²) in [4.78, 5) is 11.7. The van der Waals surface area contributed by atoms with Crippen molar-refractivity contribution >= 4 is 5.91 Å². The van der Waals surface area contributed by atoms with E-state index < -0.39 is 0 Å². The highest BCUT2D eigenvalue weighted by molar-refractivity contribution is 5.81. The molecule has 0 saturated heterocycles.